The predicted molar refractivity (Wildman–Crippen MR) is 85.3 cm³/mol. The van der Waals surface area contributed by atoms with Crippen molar-refractivity contribution in [3.8, 4) is 0 Å². The molecule has 0 bridgehead atoms. The number of pyridine rings is 1. The van der Waals surface area contributed by atoms with Crippen molar-refractivity contribution in [1.82, 2.24) is 19.9 Å². The van der Waals surface area contributed by atoms with Gasteiger partial charge in [0.15, 0.2) is 11.5 Å². The Morgan fingerprint density at radius 2 is 1.92 bits per heavy atom. The van der Waals surface area contributed by atoms with Crippen LogP contribution in [-0.2, 0) is 17.5 Å². The molecule has 0 saturated heterocycles. The largest absolute Gasteiger partial charge is 0.420 e. The van der Waals surface area contributed by atoms with Crippen LogP contribution in [0.4, 0.5) is 17.6 Å². The molecule has 1 amide bonds. The Hall–Kier alpha value is -3.23. The van der Waals surface area contributed by atoms with Crippen molar-refractivity contribution >= 4 is 17.6 Å². The Kier molecular flexibility index (Phi) is 4.70. The number of rotatable bonds is 4. The molecule has 0 aliphatic carbocycles. The average Bonchev–Trinajstić information content (AvgIpc) is 3.01. The van der Waals surface area contributed by atoms with Gasteiger partial charge in [0.05, 0.1) is 6.54 Å². The van der Waals surface area contributed by atoms with Crippen molar-refractivity contribution < 1.29 is 22.4 Å². The number of fused-ring (bicyclic) bond motifs is 1. The zero-order chi connectivity index (χ0) is 18.7. The van der Waals surface area contributed by atoms with E-state index >= 15 is 0 Å². The van der Waals surface area contributed by atoms with Crippen molar-refractivity contribution in [1.29, 1.82) is 0 Å². The predicted octanol–water partition coefficient (Wildman–Crippen LogP) is 3.22. The van der Waals surface area contributed by atoms with Crippen molar-refractivity contribution in [2.45, 2.75) is 12.7 Å². The molecule has 1 aromatic carbocycles. The van der Waals surface area contributed by atoms with E-state index in [0.29, 0.717) is 0 Å². The zero-order valence-corrected chi connectivity index (χ0v) is 13.2. The number of carbonyl (C=O) groups is 1. The Bertz CT molecular complexity index is 978. The summed E-state index contributed by atoms with van der Waals surface area (Å²) in [5, 5.41) is 9.70. The van der Waals surface area contributed by atoms with Gasteiger partial charge in [-0.1, -0.05) is 18.2 Å². The highest BCUT2D eigenvalue weighted by Crippen LogP contribution is 2.31. The minimum Gasteiger partial charge on any atom is -0.345 e. The summed E-state index contributed by atoms with van der Waals surface area (Å²) in [4.78, 5) is 11.8. The highest BCUT2D eigenvalue weighted by atomic mass is 19.4. The molecule has 3 aromatic rings. The van der Waals surface area contributed by atoms with Gasteiger partial charge in [-0.3, -0.25) is 9.20 Å². The van der Waals surface area contributed by atoms with E-state index in [9.17, 15) is 22.4 Å². The third kappa shape index (κ3) is 3.71. The molecule has 0 aliphatic rings. The molecule has 0 saturated carbocycles. The van der Waals surface area contributed by atoms with Crippen LogP contribution in [0.15, 0.2) is 48.7 Å². The molecule has 0 atom stereocenters. The molecule has 26 heavy (non-hydrogen) atoms. The van der Waals surface area contributed by atoms with Gasteiger partial charge < -0.3 is 5.32 Å². The second-order valence-corrected chi connectivity index (χ2v) is 5.30. The van der Waals surface area contributed by atoms with Gasteiger partial charge in [-0.05, 0) is 24.3 Å². The SMILES string of the molecule is O=C(C=Cc1ccccc1F)NCc1nnc2c(C(F)(F)F)cccn12. The van der Waals surface area contributed by atoms with Crippen LogP contribution in [-0.4, -0.2) is 20.5 Å². The zero-order valence-electron chi connectivity index (χ0n) is 13.2. The molecule has 5 nitrogen and oxygen atoms in total. The minimum atomic E-state index is -4.56. The topological polar surface area (TPSA) is 59.3 Å². The number of halogens is 4. The van der Waals surface area contributed by atoms with Gasteiger partial charge in [0.25, 0.3) is 0 Å². The van der Waals surface area contributed by atoms with Crippen LogP contribution < -0.4 is 5.32 Å². The summed E-state index contributed by atoms with van der Waals surface area (Å²) >= 11 is 0. The summed E-state index contributed by atoms with van der Waals surface area (Å²) in [6.45, 7) is -0.136. The van der Waals surface area contributed by atoms with Crippen molar-refractivity contribution in [2.24, 2.45) is 0 Å². The highest BCUT2D eigenvalue weighted by molar-refractivity contribution is 5.91. The van der Waals surface area contributed by atoms with Gasteiger partial charge in [-0.15, -0.1) is 10.2 Å². The van der Waals surface area contributed by atoms with Gasteiger partial charge in [-0.2, -0.15) is 13.2 Å². The normalized spacial score (nSPS) is 12.0. The lowest BCUT2D eigenvalue weighted by molar-refractivity contribution is -0.136. The Morgan fingerprint density at radius 1 is 1.15 bits per heavy atom. The van der Waals surface area contributed by atoms with Gasteiger partial charge in [0.2, 0.25) is 5.91 Å². The standard InChI is InChI=1S/C17H12F4N4O/c18-13-6-2-1-4-11(13)7-8-15(26)22-10-14-23-24-16-12(17(19,20)21)5-3-9-25(14)16/h1-9H,10H2,(H,22,26). The second kappa shape index (κ2) is 6.95. The van der Waals surface area contributed by atoms with E-state index in [0.717, 1.165) is 16.5 Å². The molecule has 0 spiro atoms. The quantitative estimate of drug-likeness (QED) is 0.571. The lowest BCUT2D eigenvalue weighted by Crippen LogP contribution is -2.21. The second-order valence-electron chi connectivity index (χ2n) is 5.30. The summed E-state index contributed by atoms with van der Waals surface area (Å²) in [7, 11) is 0. The van der Waals surface area contributed by atoms with Crippen molar-refractivity contribution in [3.63, 3.8) is 0 Å². The number of nitrogens with one attached hydrogen (secondary N) is 1. The maximum Gasteiger partial charge on any atom is 0.420 e. The number of alkyl halides is 3. The number of amides is 1. The third-order valence-corrected chi connectivity index (χ3v) is 3.55. The average molecular weight is 364 g/mol. The molecule has 2 heterocycles. The summed E-state index contributed by atoms with van der Waals surface area (Å²) in [5.41, 5.74) is -1.01. The fourth-order valence-electron chi connectivity index (χ4n) is 2.31. The molecule has 9 heteroatoms. The molecule has 3 rings (SSSR count). The van der Waals surface area contributed by atoms with Gasteiger partial charge in [0.1, 0.15) is 11.4 Å². The molecule has 1 N–H and O–H groups in total. The lowest BCUT2D eigenvalue weighted by atomic mass is 10.2. The first kappa shape index (κ1) is 17.6. The van der Waals surface area contributed by atoms with E-state index < -0.39 is 23.5 Å². The lowest BCUT2D eigenvalue weighted by Gasteiger charge is -2.07. The van der Waals surface area contributed by atoms with Crippen LogP contribution in [0.1, 0.15) is 17.0 Å². The van der Waals surface area contributed by atoms with Gasteiger partial charge in [-0.25, -0.2) is 4.39 Å². The molecular weight excluding hydrogens is 352 g/mol. The molecule has 0 aliphatic heterocycles. The highest BCUT2D eigenvalue weighted by Gasteiger charge is 2.34. The molecule has 0 radical (unpaired) electrons. The van der Waals surface area contributed by atoms with E-state index in [1.165, 1.54) is 36.5 Å². The summed E-state index contributed by atoms with van der Waals surface area (Å²) in [6.07, 6.45) is -0.753. The number of aromatic nitrogens is 3. The van der Waals surface area contributed by atoms with Crippen LogP contribution in [0.5, 0.6) is 0 Å². The number of hydrogen-bond donors (Lipinski definition) is 1. The molecule has 134 valence electrons. The number of hydrogen-bond acceptors (Lipinski definition) is 3. The summed E-state index contributed by atoms with van der Waals surface area (Å²) in [5.74, 6) is -0.879. The van der Waals surface area contributed by atoms with E-state index in [1.807, 2.05) is 0 Å². The minimum absolute atomic E-state index is 0.136. The number of nitrogens with zero attached hydrogens (tertiary/aromatic N) is 3. The Labute approximate surface area is 145 Å². The Balaban J connectivity index is 1.72. The van der Waals surface area contributed by atoms with E-state index in [1.54, 1.807) is 6.07 Å². The first-order chi connectivity index (χ1) is 12.4. The maximum atomic E-state index is 13.5. The monoisotopic (exact) mass is 364 g/mol. The van der Waals surface area contributed by atoms with Crippen LogP contribution in [0.25, 0.3) is 11.7 Å². The van der Waals surface area contributed by atoms with Crippen LogP contribution in [0.2, 0.25) is 0 Å². The molecular formula is C17H12F4N4O. The van der Waals surface area contributed by atoms with E-state index in [-0.39, 0.29) is 23.6 Å². The third-order valence-electron chi connectivity index (χ3n) is 3.55. The smallest absolute Gasteiger partial charge is 0.345 e. The van der Waals surface area contributed by atoms with E-state index in [2.05, 4.69) is 15.5 Å². The number of benzene rings is 1. The number of carbonyl (C=O) groups excluding carboxylic acids is 1. The van der Waals surface area contributed by atoms with Crippen molar-refractivity contribution in [3.05, 3.63) is 71.4 Å². The fourth-order valence-corrected chi connectivity index (χ4v) is 2.31. The van der Waals surface area contributed by atoms with Gasteiger partial charge in [0, 0.05) is 17.8 Å². The summed E-state index contributed by atoms with van der Waals surface area (Å²) < 4.78 is 53.5. The first-order valence-electron chi connectivity index (χ1n) is 7.46. The molecule has 0 unspecified atom stereocenters. The van der Waals surface area contributed by atoms with E-state index in [4.69, 9.17) is 0 Å². The Morgan fingerprint density at radius 3 is 2.65 bits per heavy atom. The van der Waals surface area contributed by atoms with Crippen LogP contribution >= 0.6 is 0 Å². The van der Waals surface area contributed by atoms with Crippen LogP contribution in [0, 0.1) is 5.82 Å². The maximum absolute atomic E-state index is 13.5. The van der Waals surface area contributed by atoms with Gasteiger partial charge >= 0.3 is 6.18 Å². The van der Waals surface area contributed by atoms with Crippen molar-refractivity contribution in [2.75, 3.05) is 0 Å². The first-order valence-corrected chi connectivity index (χ1v) is 7.46. The van der Waals surface area contributed by atoms with Crippen LogP contribution in [0.3, 0.4) is 0 Å². The molecule has 2 aromatic heterocycles. The fraction of sp³-hybridized carbons (Fsp3) is 0.118. The molecule has 0 fully saturated rings. The summed E-state index contributed by atoms with van der Waals surface area (Å²) in [6, 6.07) is 8.05.